The van der Waals surface area contributed by atoms with Gasteiger partial charge in [0.05, 0.1) is 44.5 Å². The van der Waals surface area contributed by atoms with E-state index >= 15 is 0 Å². The van der Waals surface area contributed by atoms with Crippen LogP contribution in [-0.4, -0.2) is 23.7 Å². The molecule has 5 heteroatoms. The zero-order chi connectivity index (χ0) is 72.1. The van der Waals surface area contributed by atoms with Gasteiger partial charge in [-0.1, -0.05) is 272 Å². The lowest BCUT2D eigenvalue weighted by molar-refractivity contribution is 0.660. The van der Waals surface area contributed by atoms with Gasteiger partial charge in [-0.2, -0.15) is 0 Å². The van der Waals surface area contributed by atoms with Crippen molar-refractivity contribution in [3.05, 3.63) is 367 Å². The summed E-state index contributed by atoms with van der Waals surface area (Å²) < 4.78 is 7.35. The van der Waals surface area contributed by atoms with Gasteiger partial charge in [0.15, 0.2) is 5.82 Å². The summed E-state index contributed by atoms with van der Waals surface area (Å²) in [6.07, 6.45) is 0. The monoisotopic (exact) mass is 1380 g/mol. The Bertz CT molecular complexity index is 6780. The Morgan fingerprint density at radius 3 is 0.861 bits per heavy atom. The van der Waals surface area contributed by atoms with E-state index in [9.17, 15) is 0 Å². The molecule has 510 valence electrons. The van der Waals surface area contributed by atoms with Crippen molar-refractivity contribution < 1.29 is 0 Å². The van der Waals surface area contributed by atoms with Crippen LogP contribution in [0.2, 0.25) is 0 Å². The first kappa shape index (κ1) is 62.2. The van der Waals surface area contributed by atoms with Gasteiger partial charge < -0.3 is 13.7 Å². The molecule has 0 unspecified atom stereocenters. The van der Waals surface area contributed by atoms with Crippen LogP contribution in [0.15, 0.2) is 334 Å². The van der Waals surface area contributed by atoms with Gasteiger partial charge in [0.2, 0.25) is 0 Å². The third-order valence-corrected chi connectivity index (χ3v) is 24.7. The molecule has 4 heterocycles. The highest BCUT2D eigenvalue weighted by Gasteiger charge is 2.39. The number of hydrogen-bond acceptors (Lipinski definition) is 2. The summed E-state index contributed by atoms with van der Waals surface area (Å²) >= 11 is 0. The van der Waals surface area contributed by atoms with Crippen molar-refractivity contribution in [2.24, 2.45) is 0 Å². The van der Waals surface area contributed by atoms with Crippen molar-refractivity contribution in [1.82, 2.24) is 23.7 Å². The Hall–Kier alpha value is -13.2. The quantitative estimate of drug-likeness (QED) is 0.144. The maximum atomic E-state index is 5.52. The number of benzene rings is 15. The molecule has 3 aliphatic carbocycles. The molecule has 0 saturated heterocycles. The maximum Gasteiger partial charge on any atom is 0.160 e. The summed E-state index contributed by atoms with van der Waals surface area (Å²) in [6.45, 7) is 14.2. The topological polar surface area (TPSA) is 40.6 Å². The van der Waals surface area contributed by atoms with Crippen LogP contribution in [0.1, 0.15) is 74.9 Å². The van der Waals surface area contributed by atoms with Crippen LogP contribution in [0.25, 0.3) is 183 Å². The van der Waals surface area contributed by atoms with Gasteiger partial charge in [0.25, 0.3) is 0 Å². The van der Waals surface area contributed by atoms with Crippen molar-refractivity contribution in [2.45, 2.75) is 57.8 Å². The molecule has 108 heavy (non-hydrogen) atoms. The maximum absolute atomic E-state index is 5.52. The van der Waals surface area contributed by atoms with Crippen molar-refractivity contribution in [3.8, 4) is 118 Å². The molecular weight excluding hydrogens is 1310 g/mol. The van der Waals surface area contributed by atoms with Crippen LogP contribution < -0.4 is 0 Å². The van der Waals surface area contributed by atoms with E-state index in [1.165, 1.54) is 149 Å². The third kappa shape index (κ3) is 9.12. The van der Waals surface area contributed by atoms with Crippen LogP contribution in [0, 0.1) is 0 Å². The van der Waals surface area contributed by atoms with Gasteiger partial charge in [-0.25, -0.2) is 9.97 Å². The molecule has 0 saturated carbocycles. The average molecular weight is 1380 g/mol. The van der Waals surface area contributed by atoms with Gasteiger partial charge in [-0.15, -0.1) is 0 Å². The molecule has 5 nitrogen and oxygen atoms in total. The number of hydrogen-bond donors (Lipinski definition) is 0. The Morgan fingerprint density at radius 1 is 0.194 bits per heavy atom. The van der Waals surface area contributed by atoms with E-state index in [-0.39, 0.29) is 16.2 Å². The zero-order valence-electron chi connectivity index (χ0n) is 61.0. The van der Waals surface area contributed by atoms with Crippen molar-refractivity contribution in [3.63, 3.8) is 0 Å². The fourth-order valence-corrected chi connectivity index (χ4v) is 19.2. The second-order valence-corrected chi connectivity index (χ2v) is 31.7. The zero-order valence-corrected chi connectivity index (χ0v) is 61.0. The minimum absolute atomic E-state index is 0.106. The lowest BCUT2D eigenvalue weighted by Crippen LogP contribution is -2.15. The number of para-hydroxylation sites is 3. The van der Waals surface area contributed by atoms with Gasteiger partial charge >= 0.3 is 0 Å². The molecule has 4 aromatic heterocycles. The molecule has 0 fully saturated rings. The summed E-state index contributed by atoms with van der Waals surface area (Å²) in [5.41, 5.74) is 38.0. The molecule has 0 spiro atoms. The van der Waals surface area contributed by atoms with Gasteiger partial charge in [0.1, 0.15) is 0 Å². The first-order valence-electron chi connectivity index (χ1n) is 37.8. The highest BCUT2D eigenvalue weighted by atomic mass is 15.0. The summed E-state index contributed by atoms with van der Waals surface area (Å²) in [7, 11) is 0. The fraction of sp³-hybridized carbons (Fsp3) is 0.0874. The van der Waals surface area contributed by atoms with Crippen molar-refractivity contribution in [1.29, 1.82) is 0 Å². The molecule has 3 aliphatic rings. The van der Waals surface area contributed by atoms with Crippen LogP contribution in [-0.2, 0) is 16.2 Å². The summed E-state index contributed by atoms with van der Waals surface area (Å²) in [5, 5.41) is 7.33. The number of rotatable bonds is 9. The van der Waals surface area contributed by atoms with Crippen LogP contribution in [0.3, 0.4) is 0 Å². The minimum atomic E-state index is -0.115. The Morgan fingerprint density at radius 2 is 0.481 bits per heavy atom. The van der Waals surface area contributed by atoms with Crippen LogP contribution >= 0.6 is 0 Å². The highest BCUT2D eigenvalue weighted by molar-refractivity contribution is 6.13. The molecule has 0 radical (unpaired) electrons. The molecular formula is C103H73N5. The lowest BCUT2D eigenvalue weighted by Gasteiger charge is -2.22. The van der Waals surface area contributed by atoms with Crippen LogP contribution in [0.4, 0.5) is 0 Å². The largest absolute Gasteiger partial charge is 0.309 e. The highest BCUT2D eigenvalue weighted by Crippen LogP contribution is 2.54. The van der Waals surface area contributed by atoms with E-state index < -0.39 is 0 Å². The molecule has 0 N–H and O–H groups in total. The van der Waals surface area contributed by atoms with Crippen molar-refractivity contribution in [2.75, 3.05) is 0 Å². The summed E-state index contributed by atoms with van der Waals surface area (Å²) in [6, 6.07) is 124. The van der Waals surface area contributed by atoms with Gasteiger partial charge in [-0.3, -0.25) is 0 Å². The smallest absolute Gasteiger partial charge is 0.160 e. The molecule has 15 aromatic carbocycles. The summed E-state index contributed by atoms with van der Waals surface area (Å²) in [5.74, 6) is 0.661. The number of nitrogens with zero attached hydrogens (tertiary/aromatic N) is 5. The fourth-order valence-electron chi connectivity index (χ4n) is 19.2. The van der Waals surface area contributed by atoms with E-state index in [0.717, 1.165) is 61.5 Å². The van der Waals surface area contributed by atoms with E-state index in [2.05, 4.69) is 389 Å². The number of aromatic nitrogens is 5. The molecule has 0 atom stereocenters. The van der Waals surface area contributed by atoms with E-state index in [1.807, 2.05) is 0 Å². The molecule has 19 aromatic rings. The van der Waals surface area contributed by atoms with Crippen LogP contribution in [0.5, 0.6) is 0 Å². The second-order valence-electron chi connectivity index (χ2n) is 31.7. The SMILES string of the molecule is CC1(C)c2ccccc2-c2ccc(-n3c4ccccc4c4cc(-c5ccc(-c6cc(-c7ccc(-c8ccc9c(c8)c8ccccc8n9-c8ccc9c(c8)C(C)(C)c8ccccc8-9)cc7)nc(-c7cccc(-c8ccc9c(c8)c8ccccc8n9-c8ccc9c(c8)C(C)(C)c8ccccc8-9)c7)n6)cc5)ccc43)cc21. The first-order chi connectivity index (χ1) is 52.8. The average Bonchev–Trinajstić information content (AvgIpc) is 1.57. The van der Waals surface area contributed by atoms with E-state index in [4.69, 9.17) is 9.97 Å². The van der Waals surface area contributed by atoms with E-state index in [1.54, 1.807) is 0 Å². The lowest BCUT2D eigenvalue weighted by atomic mass is 9.82. The van der Waals surface area contributed by atoms with Gasteiger partial charge in [0, 0.05) is 82.3 Å². The second kappa shape index (κ2) is 22.9. The Balaban J connectivity index is 0.630. The predicted octanol–water partition coefficient (Wildman–Crippen LogP) is 26.7. The Labute approximate surface area is 627 Å². The number of fused-ring (bicyclic) bond motifs is 18. The molecule has 0 aliphatic heterocycles. The van der Waals surface area contributed by atoms with Gasteiger partial charge in [-0.05, 0) is 203 Å². The Kier molecular flexibility index (Phi) is 13.2. The molecule has 0 amide bonds. The normalized spacial score (nSPS) is 14.1. The molecule has 0 bridgehead atoms. The molecule has 22 rings (SSSR count). The van der Waals surface area contributed by atoms with E-state index in [0.29, 0.717) is 5.82 Å². The first-order valence-corrected chi connectivity index (χ1v) is 37.8. The minimum Gasteiger partial charge on any atom is -0.309 e. The third-order valence-electron chi connectivity index (χ3n) is 24.7. The summed E-state index contributed by atoms with van der Waals surface area (Å²) in [4.78, 5) is 11.0. The van der Waals surface area contributed by atoms with Crippen molar-refractivity contribution >= 4 is 65.4 Å². The predicted molar refractivity (Wildman–Crippen MR) is 450 cm³/mol. The standard InChI is InChI=1S/C103H73N5/c1-101(2)86-28-13-7-22-74(86)77-48-45-71(58-89(77)101)106-94-31-16-10-25-80(94)83-55-67(42-51-97(83)106)62-34-38-64(39-35-62)92-61-93(65-40-36-63(37-41-65)68-43-52-98-84(56-68)81-26-11-17-32-95(81)107(98)72-46-49-78-75-23-8-14-29-87(75)102(3,4)90(78)59-72)105-100(104-92)70-21-19-20-66(54-70)69-44-53-99-85(57-69)82-27-12-18-33-96(82)108(99)73-47-50-79-76-24-9-15-30-88(76)103(5,6)91(79)60-73/h7-61H,1-6H3.